The number of rotatable bonds is 2. The summed E-state index contributed by atoms with van der Waals surface area (Å²) in [4.78, 5) is 7.74. The number of aromatic nitrogens is 3. The minimum atomic E-state index is -0.0747. The Labute approximate surface area is 101 Å². The molecule has 5 nitrogen and oxygen atoms in total. The van der Waals surface area contributed by atoms with Gasteiger partial charge in [0.25, 0.3) is 0 Å². The highest BCUT2D eigenvalue weighted by molar-refractivity contribution is 6.36. The molecule has 82 valence electrons. The fourth-order valence-corrected chi connectivity index (χ4v) is 1.59. The molecule has 16 heavy (non-hydrogen) atoms. The fraction of sp³-hybridized carbons (Fsp3) is 0. The molecule has 0 saturated heterocycles. The van der Waals surface area contributed by atoms with Crippen molar-refractivity contribution in [3.63, 3.8) is 0 Å². The van der Waals surface area contributed by atoms with Gasteiger partial charge < -0.3 is 5.11 Å². The Hall–Kier alpha value is -1.59. The van der Waals surface area contributed by atoms with E-state index >= 15 is 0 Å². The van der Waals surface area contributed by atoms with Gasteiger partial charge in [0.15, 0.2) is 0 Å². The van der Waals surface area contributed by atoms with E-state index in [1.165, 1.54) is 18.6 Å². The summed E-state index contributed by atoms with van der Waals surface area (Å²) in [5, 5.41) is 16.4. The van der Waals surface area contributed by atoms with Gasteiger partial charge in [0.1, 0.15) is 12.1 Å². The van der Waals surface area contributed by atoms with Crippen LogP contribution in [-0.2, 0) is 0 Å². The largest absolute Gasteiger partial charge is 0.506 e. The van der Waals surface area contributed by atoms with Crippen molar-refractivity contribution < 1.29 is 5.11 Å². The lowest BCUT2D eigenvalue weighted by Crippen LogP contribution is -1.84. The van der Waals surface area contributed by atoms with E-state index in [9.17, 15) is 5.11 Å². The third-order valence-corrected chi connectivity index (χ3v) is 2.29. The molecule has 0 radical (unpaired) electrons. The second kappa shape index (κ2) is 4.51. The molecular weight excluding hydrogens is 251 g/mol. The number of aromatic amines is 1. The first-order valence-electron chi connectivity index (χ1n) is 4.24. The number of H-pyrrole nitrogens is 1. The smallest absolute Gasteiger partial charge is 0.245 e. The lowest BCUT2D eigenvalue weighted by Gasteiger charge is -2.01. The molecule has 0 aliphatic carbocycles. The highest BCUT2D eigenvalue weighted by Crippen LogP contribution is 2.30. The molecule has 7 heteroatoms. The van der Waals surface area contributed by atoms with Crippen molar-refractivity contribution in [2.75, 3.05) is 0 Å². The van der Waals surface area contributed by atoms with Gasteiger partial charge >= 0.3 is 0 Å². The molecular formula is C9H6Cl2N4O. The predicted molar refractivity (Wildman–Crippen MR) is 61.8 cm³/mol. The molecule has 2 N–H and O–H groups in total. The van der Waals surface area contributed by atoms with Crippen molar-refractivity contribution in [3.8, 4) is 5.75 Å². The van der Waals surface area contributed by atoms with Crippen molar-refractivity contribution >= 4 is 35.4 Å². The molecule has 0 aliphatic rings. The third kappa shape index (κ3) is 2.32. The highest BCUT2D eigenvalue weighted by atomic mass is 35.5. The van der Waals surface area contributed by atoms with Crippen LogP contribution in [0.5, 0.6) is 5.75 Å². The Kier molecular flexibility index (Phi) is 3.07. The number of nitrogens with one attached hydrogen (secondary N) is 1. The van der Waals surface area contributed by atoms with E-state index in [-0.39, 0.29) is 10.8 Å². The Morgan fingerprint density at radius 1 is 1.38 bits per heavy atom. The molecule has 2 aromatic rings. The Morgan fingerprint density at radius 3 is 2.88 bits per heavy atom. The van der Waals surface area contributed by atoms with E-state index in [0.29, 0.717) is 16.5 Å². The van der Waals surface area contributed by atoms with Gasteiger partial charge in [0.2, 0.25) is 5.95 Å². The van der Waals surface area contributed by atoms with Crippen molar-refractivity contribution in [3.05, 3.63) is 34.1 Å². The first kappa shape index (κ1) is 10.9. The van der Waals surface area contributed by atoms with Gasteiger partial charge in [0, 0.05) is 16.8 Å². The number of hydrogen-bond acceptors (Lipinski definition) is 4. The second-order valence-corrected chi connectivity index (χ2v) is 3.74. The molecule has 0 amide bonds. The average molecular weight is 257 g/mol. The van der Waals surface area contributed by atoms with E-state index in [2.05, 4.69) is 20.2 Å². The van der Waals surface area contributed by atoms with Crippen molar-refractivity contribution in [2.45, 2.75) is 0 Å². The van der Waals surface area contributed by atoms with Crippen LogP contribution in [0.4, 0.5) is 5.95 Å². The maximum atomic E-state index is 9.62. The van der Waals surface area contributed by atoms with Crippen LogP contribution in [0, 0.1) is 0 Å². The van der Waals surface area contributed by atoms with Gasteiger partial charge in [-0.25, -0.2) is 10.1 Å². The lowest BCUT2D eigenvalue weighted by atomic mass is 10.2. The van der Waals surface area contributed by atoms with Crippen LogP contribution in [0.25, 0.3) is 0 Å². The van der Waals surface area contributed by atoms with E-state index in [4.69, 9.17) is 23.2 Å². The topological polar surface area (TPSA) is 74.2 Å². The van der Waals surface area contributed by atoms with E-state index in [0.717, 1.165) is 0 Å². The van der Waals surface area contributed by atoms with E-state index in [1.54, 1.807) is 6.07 Å². The van der Waals surface area contributed by atoms with E-state index in [1.807, 2.05) is 0 Å². The summed E-state index contributed by atoms with van der Waals surface area (Å²) in [6, 6.07) is 2.99. The summed E-state index contributed by atoms with van der Waals surface area (Å²) in [5.74, 6) is 0.254. The van der Waals surface area contributed by atoms with Gasteiger partial charge in [-0.3, -0.25) is 0 Å². The minimum absolute atomic E-state index is 0.0747. The van der Waals surface area contributed by atoms with Crippen LogP contribution in [0.2, 0.25) is 10.0 Å². The molecule has 2 rings (SSSR count). The minimum Gasteiger partial charge on any atom is -0.506 e. The maximum Gasteiger partial charge on any atom is 0.245 e. The number of hydrogen-bond donors (Lipinski definition) is 2. The number of phenols is 1. The quantitative estimate of drug-likeness (QED) is 0.812. The lowest BCUT2D eigenvalue weighted by molar-refractivity contribution is 0.475. The van der Waals surface area contributed by atoms with Crippen LogP contribution in [0.1, 0.15) is 5.56 Å². The van der Waals surface area contributed by atoms with Crippen LogP contribution < -0.4 is 0 Å². The molecule has 0 unspecified atom stereocenters. The highest BCUT2D eigenvalue weighted by Gasteiger charge is 2.05. The zero-order valence-electron chi connectivity index (χ0n) is 7.85. The Morgan fingerprint density at radius 2 is 2.19 bits per heavy atom. The van der Waals surface area contributed by atoms with Crippen LogP contribution in [0.15, 0.2) is 23.5 Å². The molecule has 0 bridgehead atoms. The van der Waals surface area contributed by atoms with Crippen molar-refractivity contribution in [1.29, 1.82) is 0 Å². The molecule has 1 heterocycles. The monoisotopic (exact) mass is 256 g/mol. The molecule has 0 saturated carbocycles. The average Bonchev–Trinajstić information content (AvgIpc) is 2.74. The molecule has 0 fully saturated rings. The zero-order valence-corrected chi connectivity index (χ0v) is 9.37. The maximum absolute atomic E-state index is 9.62. The van der Waals surface area contributed by atoms with Gasteiger partial charge in [-0.1, -0.05) is 23.2 Å². The van der Waals surface area contributed by atoms with Gasteiger partial charge in [-0.15, -0.1) is 0 Å². The molecule has 0 atom stereocenters. The number of halogens is 2. The number of phenolic OH excluding ortho intramolecular Hbond substituents is 1. The predicted octanol–water partition coefficient (Wildman–Crippen LogP) is 2.57. The Balaban J connectivity index is 2.34. The second-order valence-electron chi connectivity index (χ2n) is 2.89. The first-order valence-corrected chi connectivity index (χ1v) is 5.00. The van der Waals surface area contributed by atoms with Crippen LogP contribution >= 0.6 is 23.2 Å². The Bertz CT molecular complexity index is 525. The summed E-state index contributed by atoms with van der Waals surface area (Å²) in [5.41, 5.74) is 0.411. The first-order chi connectivity index (χ1) is 7.66. The number of aliphatic imine (C=N–C) groups is 1. The fourth-order valence-electron chi connectivity index (χ4n) is 1.08. The number of benzene rings is 1. The van der Waals surface area contributed by atoms with Gasteiger partial charge in [0.05, 0.1) is 5.02 Å². The molecule has 0 spiro atoms. The zero-order chi connectivity index (χ0) is 11.5. The van der Waals surface area contributed by atoms with Crippen LogP contribution in [-0.4, -0.2) is 26.5 Å². The summed E-state index contributed by atoms with van der Waals surface area (Å²) < 4.78 is 0. The third-order valence-electron chi connectivity index (χ3n) is 1.79. The molecule has 0 aliphatic heterocycles. The SMILES string of the molecule is Oc1c(Cl)cc(Cl)cc1C=Nc1ncn[nH]1. The summed E-state index contributed by atoms with van der Waals surface area (Å²) in [7, 11) is 0. The van der Waals surface area contributed by atoms with Crippen molar-refractivity contribution in [2.24, 2.45) is 4.99 Å². The van der Waals surface area contributed by atoms with Crippen molar-refractivity contribution in [1.82, 2.24) is 15.2 Å². The van der Waals surface area contributed by atoms with Gasteiger partial charge in [-0.05, 0) is 12.1 Å². The summed E-state index contributed by atoms with van der Waals surface area (Å²) in [6.45, 7) is 0. The van der Waals surface area contributed by atoms with Crippen LogP contribution in [0.3, 0.4) is 0 Å². The molecule has 1 aromatic carbocycles. The van der Waals surface area contributed by atoms with Gasteiger partial charge in [-0.2, -0.15) is 10.1 Å². The number of aromatic hydroxyl groups is 1. The summed E-state index contributed by atoms with van der Waals surface area (Å²) in [6.07, 6.45) is 2.73. The normalized spacial score (nSPS) is 11.1. The van der Waals surface area contributed by atoms with E-state index < -0.39 is 0 Å². The number of nitrogens with zero attached hydrogens (tertiary/aromatic N) is 3. The standard InChI is InChI=1S/C9H6Cl2N4O/c10-6-1-5(8(16)7(11)2-6)3-12-9-13-4-14-15-9/h1-4,16H,(H,13,14,15). The summed E-state index contributed by atoms with van der Waals surface area (Å²) >= 11 is 11.5. The molecule has 1 aromatic heterocycles.